The molecular weight excluding hydrogens is 322 g/mol. The van der Waals surface area contributed by atoms with Gasteiger partial charge in [-0.25, -0.2) is 4.79 Å². The lowest BCUT2D eigenvalue weighted by atomic mass is 10.1. The van der Waals surface area contributed by atoms with Crippen molar-refractivity contribution in [2.75, 3.05) is 20.2 Å². The fraction of sp³-hybridized carbons (Fsp3) is 0.444. The predicted octanol–water partition coefficient (Wildman–Crippen LogP) is 1.59. The normalized spacial score (nSPS) is 11.2. The fourth-order valence-corrected chi connectivity index (χ4v) is 2.01. The van der Waals surface area contributed by atoms with Gasteiger partial charge in [-0.15, -0.1) is 6.42 Å². The highest BCUT2D eigenvalue weighted by molar-refractivity contribution is 5.84. The van der Waals surface area contributed by atoms with Gasteiger partial charge in [0, 0.05) is 0 Å². The van der Waals surface area contributed by atoms with Gasteiger partial charge < -0.3 is 25.4 Å². The molecule has 0 aliphatic heterocycles. The van der Waals surface area contributed by atoms with Crippen molar-refractivity contribution in [3.8, 4) is 23.8 Å². The van der Waals surface area contributed by atoms with E-state index in [4.69, 9.17) is 15.9 Å². The Hall–Kier alpha value is -2.88. The third-order valence-corrected chi connectivity index (χ3v) is 3.20. The average Bonchev–Trinajstić information content (AvgIpc) is 2.57. The second-order valence-electron chi connectivity index (χ2n) is 5.61. The standard InChI is InChI=1S/C18H25N3O4/c1-6-9-19-17(22)11-20-18(23)21-13(4)14-7-8-15(25-12(2)3)16(10-14)24-5/h1,7-8,10,12-13H,9,11H2,2-5H3,(H,19,22)(H2,20,21,23)/t13-/m1/s1. The molecule has 0 bridgehead atoms. The molecule has 136 valence electrons. The molecule has 7 heteroatoms. The minimum absolute atomic E-state index is 0.0293. The summed E-state index contributed by atoms with van der Waals surface area (Å²) in [6.45, 7) is 5.67. The molecule has 0 aromatic heterocycles. The number of nitrogens with one attached hydrogen (secondary N) is 3. The Morgan fingerprint density at radius 1 is 1.20 bits per heavy atom. The van der Waals surface area contributed by atoms with Gasteiger partial charge in [-0.3, -0.25) is 4.79 Å². The van der Waals surface area contributed by atoms with E-state index in [0.29, 0.717) is 11.5 Å². The van der Waals surface area contributed by atoms with Crippen molar-refractivity contribution >= 4 is 11.9 Å². The maximum Gasteiger partial charge on any atom is 0.315 e. The van der Waals surface area contributed by atoms with E-state index in [1.165, 1.54) is 0 Å². The first-order valence-corrected chi connectivity index (χ1v) is 7.96. The van der Waals surface area contributed by atoms with Gasteiger partial charge in [0.05, 0.1) is 32.3 Å². The Morgan fingerprint density at radius 3 is 2.52 bits per heavy atom. The number of urea groups is 1. The number of methoxy groups -OCH3 is 1. The van der Waals surface area contributed by atoms with E-state index in [0.717, 1.165) is 5.56 Å². The number of amides is 3. The van der Waals surface area contributed by atoms with Gasteiger partial charge in [-0.05, 0) is 38.5 Å². The molecule has 0 heterocycles. The van der Waals surface area contributed by atoms with Crippen LogP contribution in [-0.2, 0) is 4.79 Å². The summed E-state index contributed by atoms with van der Waals surface area (Å²) in [4.78, 5) is 23.3. The molecule has 0 aliphatic carbocycles. The maximum absolute atomic E-state index is 11.9. The summed E-state index contributed by atoms with van der Waals surface area (Å²) in [7, 11) is 1.56. The molecule has 0 fully saturated rings. The molecule has 0 spiro atoms. The molecule has 3 N–H and O–H groups in total. The van der Waals surface area contributed by atoms with Crippen molar-refractivity contribution in [2.24, 2.45) is 0 Å². The van der Waals surface area contributed by atoms with Crippen LogP contribution in [0, 0.1) is 12.3 Å². The Bertz CT molecular complexity index is 638. The van der Waals surface area contributed by atoms with Crippen molar-refractivity contribution in [2.45, 2.75) is 32.9 Å². The quantitative estimate of drug-likeness (QED) is 0.623. The SMILES string of the molecule is C#CCNC(=O)CNC(=O)N[C@H](C)c1ccc(OC(C)C)c(OC)c1. The van der Waals surface area contributed by atoms with E-state index < -0.39 is 6.03 Å². The van der Waals surface area contributed by atoms with E-state index in [2.05, 4.69) is 21.9 Å². The molecule has 3 amide bonds. The van der Waals surface area contributed by atoms with Crippen LogP contribution >= 0.6 is 0 Å². The van der Waals surface area contributed by atoms with Gasteiger partial charge >= 0.3 is 6.03 Å². The number of carbonyl (C=O) groups excluding carboxylic acids is 2. The molecule has 1 rings (SSSR count). The molecule has 0 radical (unpaired) electrons. The number of carbonyl (C=O) groups is 2. The van der Waals surface area contributed by atoms with Gasteiger partial charge in [0.2, 0.25) is 5.91 Å². The summed E-state index contributed by atoms with van der Waals surface area (Å²) in [5.74, 6) is 3.17. The summed E-state index contributed by atoms with van der Waals surface area (Å²) >= 11 is 0. The van der Waals surface area contributed by atoms with Crippen LogP contribution in [0.15, 0.2) is 18.2 Å². The second-order valence-corrected chi connectivity index (χ2v) is 5.61. The van der Waals surface area contributed by atoms with Crippen molar-refractivity contribution in [1.82, 2.24) is 16.0 Å². The Morgan fingerprint density at radius 2 is 1.92 bits per heavy atom. The van der Waals surface area contributed by atoms with Gasteiger partial charge in [0.25, 0.3) is 0 Å². The van der Waals surface area contributed by atoms with Crippen LogP contribution in [-0.4, -0.2) is 38.2 Å². The lowest BCUT2D eigenvalue weighted by Gasteiger charge is -2.18. The topological polar surface area (TPSA) is 88.7 Å². The Kier molecular flexibility index (Phi) is 8.13. The smallest absolute Gasteiger partial charge is 0.315 e. The van der Waals surface area contributed by atoms with Crippen molar-refractivity contribution < 1.29 is 19.1 Å². The van der Waals surface area contributed by atoms with E-state index >= 15 is 0 Å². The first-order valence-electron chi connectivity index (χ1n) is 7.96. The first-order chi connectivity index (χ1) is 11.9. The highest BCUT2D eigenvalue weighted by Crippen LogP contribution is 2.31. The molecule has 0 saturated heterocycles. The number of terminal acetylenes is 1. The largest absolute Gasteiger partial charge is 0.493 e. The van der Waals surface area contributed by atoms with Crippen molar-refractivity contribution in [3.05, 3.63) is 23.8 Å². The predicted molar refractivity (Wildman–Crippen MR) is 95.6 cm³/mol. The van der Waals surface area contributed by atoms with E-state index in [1.807, 2.05) is 32.9 Å². The minimum Gasteiger partial charge on any atom is -0.493 e. The third-order valence-electron chi connectivity index (χ3n) is 3.20. The average molecular weight is 347 g/mol. The maximum atomic E-state index is 11.9. The molecule has 25 heavy (non-hydrogen) atoms. The monoisotopic (exact) mass is 347 g/mol. The minimum atomic E-state index is -0.454. The summed E-state index contributed by atoms with van der Waals surface area (Å²) in [6.07, 6.45) is 5.07. The van der Waals surface area contributed by atoms with Crippen LogP contribution in [0.4, 0.5) is 4.79 Å². The highest BCUT2D eigenvalue weighted by Gasteiger charge is 2.14. The van der Waals surface area contributed by atoms with Crippen LogP contribution in [0.25, 0.3) is 0 Å². The Labute approximate surface area is 148 Å². The molecule has 7 nitrogen and oxygen atoms in total. The van der Waals surface area contributed by atoms with E-state index in [-0.39, 0.29) is 31.1 Å². The number of benzene rings is 1. The summed E-state index contributed by atoms with van der Waals surface area (Å²) in [5, 5.41) is 7.69. The van der Waals surface area contributed by atoms with Gasteiger partial charge in [-0.1, -0.05) is 12.0 Å². The van der Waals surface area contributed by atoms with Gasteiger partial charge in [0.15, 0.2) is 11.5 Å². The lowest BCUT2D eigenvalue weighted by molar-refractivity contribution is -0.119. The zero-order chi connectivity index (χ0) is 18.8. The van der Waals surface area contributed by atoms with E-state index in [1.54, 1.807) is 13.2 Å². The molecule has 1 aromatic carbocycles. The van der Waals surface area contributed by atoms with Crippen molar-refractivity contribution in [1.29, 1.82) is 0 Å². The summed E-state index contributed by atoms with van der Waals surface area (Å²) in [5.41, 5.74) is 0.847. The molecular formula is C18H25N3O4. The molecule has 0 unspecified atom stereocenters. The Balaban J connectivity index is 2.61. The second kappa shape index (κ2) is 10.1. The number of hydrogen-bond acceptors (Lipinski definition) is 4. The van der Waals surface area contributed by atoms with Crippen LogP contribution in [0.2, 0.25) is 0 Å². The summed E-state index contributed by atoms with van der Waals surface area (Å²) in [6, 6.07) is 4.73. The van der Waals surface area contributed by atoms with Crippen LogP contribution in [0.5, 0.6) is 11.5 Å². The fourth-order valence-electron chi connectivity index (χ4n) is 2.01. The summed E-state index contributed by atoms with van der Waals surface area (Å²) < 4.78 is 11.0. The number of ether oxygens (including phenoxy) is 2. The van der Waals surface area contributed by atoms with Gasteiger partial charge in [0.1, 0.15) is 0 Å². The van der Waals surface area contributed by atoms with Crippen LogP contribution < -0.4 is 25.4 Å². The molecule has 0 aliphatic rings. The molecule has 1 atom stereocenters. The van der Waals surface area contributed by atoms with Gasteiger partial charge in [-0.2, -0.15) is 0 Å². The lowest BCUT2D eigenvalue weighted by Crippen LogP contribution is -2.42. The van der Waals surface area contributed by atoms with Crippen molar-refractivity contribution in [3.63, 3.8) is 0 Å². The first kappa shape index (κ1) is 20.2. The van der Waals surface area contributed by atoms with Crippen LogP contribution in [0.3, 0.4) is 0 Å². The van der Waals surface area contributed by atoms with Crippen LogP contribution in [0.1, 0.15) is 32.4 Å². The molecule has 0 saturated carbocycles. The number of rotatable bonds is 8. The van der Waals surface area contributed by atoms with E-state index in [9.17, 15) is 9.59 Å². The molecule has 1 aromatic rings. The number of hydrogen-bond donors (Lipinski definition) is 3. The zero-order valence-corrected chi connectivity index (χ0v) is 15.0. The highest BCUT2D eigenvalue weighted by atomic mass is 16.5. The zero-order valence-electron chi connectivity index (χ0n) is 15.0. The third kappa shape index (κ3) is 7.04.